The van der Waals surface area contributed by atoms with Crippen molar-refractivity contribution < 1.29 is 35.5 Å². The molecular weight excluding hydrogens is 933 g/mol. The van der Waals surface area contributed by atoms with Crippen molar-refractivity contribution >= 4 is 69.8 Å². The molecule has 0 atom stereocenters. The molecule has 0 saturated carbocycles. The van der Waals surface area contributed by atoms with Gasteiger partial charge in [-0.3, -0.25) is 9.59 Å². The van der Waals surface area contributed by atoms with Crippen LogP contribution in [0.3, 0.4) is 0 Å². The molecular formula is C56H112CaN2O8S2. The van der Waals surface area contributed by atoms with E-state index in [1.165, 1.54) is 244 Å². The largest absolute Gasteiger partial charge is 2.00 e. The van der Waals surface area contributed by atoms with E-state index in [9.17, 15) is 35.5 Å². The summed E-state index contributed by atoms with van der Waals surface area (Å²) in [5.74, 6) is -0.712. The zero-order chi connectivity index (χ0) is 50.7. The van der Waals surface area contributed by atoms with Crippen LogP contribution in [0.15, 0.2) is 0 Å². The molecule has 0 rings (SSSR count). The fourth-order valence-corrected chi connectivity index (χ4v) is 9.97. The van der Waals surface area contributed by atoms with E-state index in [0.29, 0.717) is 25.9 Å². The topological polar surface area (TPSA) is 155 Å². The first-order valence-corrected chi connectivity index (χ1v) is 32.2. The standard InChI is InChI=1S/2C28H57NO4S.Ca/c2*1-3-4-5-6-7-8-9-10-11-12-13-14-15-16-17-18-19-20-21-22-23-25-28(30)29(2)26-24-27-34(31,32)33;/h2*3-27H2,1-2H3,(H,31,32,33);/q;;+2/p-2. The second-order valence-electron chi connectivity index (χ2n) is 20.5. The average molecular weight is 1050 g/mol. The second kappa shape index (κ2) is 55.8. The molecule has 0 aliphatic rings. The summed E-state index contributed by atoms with van der Waals surface area (Å²) in [5, 5.41) is 0. The first kappa shape index (κ1) is 73.3. The van der Waals surface area contributed by atoms with E-state index in [2.05, 4.69) is 13.8 Å². The maximum atomic E-state index is 12.0. The van der Waals surface area contributed by atoms with Crippen LogP contribution < -0.4 is 0 Å². The van der Waals surface area contributed by atoms with Crippen LogP contribution in [-0.4, -0.2) is 124 Å². The van der Waals surface area contributed by atoms with Crippen LogP contribution in [-0.2, 0) is 29.8 Å². The predicted molar refractivity (Wildman–Crippen MR) is 294 cm³/mol. The van der Waals surface area contributed by atoms with Gasteiger partial charge in [0.15, 0.2) is 0 Å². The van der Waals surface area contributed by atoms with E-state index in [1.807, 2.05) is 0 Å². The van der Waals surface area contributed by atoms with Gasteiger partial charge in [-0.1, -0.05) is 271 Å². The third-order valence-electron chi connectivity index (χ3n) is 13.6. The van der Waals surface area contributed by atoms with Crippen LogP contribution in [0.5, 0.6) is 0 Å². The zero-order valence-electron chi connectivity index (χ0n) is 46.0. The van der Waals surface area contributed by atoms with Crippen molar-refractivity contribution in [3.63, 3.8) is 0 Å². The summed E-state index contributed by atoms with van der Waals surface area (Å²) in [6.45, 7) is 5.23. The van der Waals surface area contributed by atoms with Gasteiger partial charge in [-0.05, 0) is 25.7 Å². The third kappa shape index (κ3) is 64.1. The Morgan fingerprint density at radius 3 is 0.623 bits per heavy atom. The van der Waals surface area contributed by atoms with Crippen LogP contribution in [0, 0.1) is 0 Å². The molecule has 408 valence electrons. The second-order valence-corrected chi connectivity index (χ2v) is 23.6. The van der Waals surface area contributed by atoms with Gasteiger partial charge in [0.05, 0.1) is 20.2 Å². The molecule has 0 bridgehead atoms. The molecule has 13 heteroatoms. The number of unbranched alkanes of at least 4 members (excludes halogenated alkanes) is 40. The molecule has 2 amide bonds. The Bertz CT molecular complexity index is 1210. The Morgan fingerprint density at radius 1 is 0.304 bits per heavy atom. The number of carbonyl (C=O) groups is 2. The number of rotatable bonds is 52. The number of carbonyl (C=O) groups excluding carboxylic acids is 2. The third-order valence-corrected chi connectivity index (χ3v) is 15.2. The molecule has 0 unspecified atom stereocenters. The molecule has 0 saturated heterocycles. The molecule has 0 radical (unpaired) electrons. The van der Waals surface area contributed by atoms with E-state index in [0.717, 1.165) is 25.7 Å². The minimum absolute atomic E-state index is 0. The van der Waals surface area contributed by atoms with Crippen molar-refractivity contribution in [1.29, 1.82) is 0 Å². The Morgan fingerprint density at radius 2 is 0.464 bits per heavy atom. The zero-order valence-corrected chi connectivity index (χ0v) is 49.9. The van der Waals surface area contributed by atoms with E-state index >= 15 is 0 Å². The molecule has 0 heterocycles. The summed E-state index contributed by atoms with van der Waals surface area (Å²) >= 11 is 0. The van der Waals surface area contributed by atoms with Crippen molar-refractivity contribution in [1.82, 2.24) is 9.80 Å². The fourth-order valence-electron chi connectivity index (χ4n) is 9.00. The number of nitrogens with zero attached hydrogens (tertiary/aromatic N) is 2. The van der Waals surface area contributed by atoms with Gasteiger partial charge >= 0.3 is 37.7 Å². The Kier molecular flexibility index (Phi) is 59.2. The van der Waals surface area contributed by atoms with Crippen molar-refractivity contribution in [3.8, 4) is 0 Å². The SMILES string of the molecule is CCCCCCCCCCCCCCCCCCCCCCCC(=O)N(C)CCCS(=O)(=O)[O-].CCCCCCCCCCCCCCCCCCCCCCCC(=O)N(C)CCCS(=O)(=O)[O-].[Ca+2]. The van der Waals surface area contributed by atoms with E-state index in [-0.39, 0.29) is 62.4 Å². The minimum Gasteiger partial charge on any atom is -0.748 e. The monoisotopic (exact) mass is 1040 g/mol. The van der Waals surface area contributed by atoms with Gasteiger partial charge in [-0.15, -0.1) is 0 Å². The Balaban J connectivity index is -0.00000124. The van der Waals surface area contributed by atoms with E-state index in [4.69, 9.17) is 0 Å². The Hall–Kier alpha value is 0.0197. The van der Waals surface area contributed by atoms with E-state index < -0.39 is 31.7 Å². The smallest absolute Gasteiger partial charge is 0.748 e. The number of hydrogen-bond acceptors (Lipinski definition) is 8. The van der Waals surface area contributed by atoms with Gasteiger partial charge in [0.1, 0.15) is 0 Å². The average Bonchev–Trinajstić information content (AvgIpc) is 3.29. The van der Waals surface area contributed by atoms with Crippen molar-refractivity contribution in [2.75, 3.05) is 38.7 Å². The summed E-state index contributed by atoms with van der Waals surface area (Å²) < 4.78 is 63.6. The Labute approximate surface area is 459 Å². The van der Waals surface area contributed by atoms with Crippen molar-refractivity contribution in [3.05, 3.63) is 0 Å². The minimum atomic E-state index is -4.18. The van der Waals surface area contributed by atoms with Crippen LogP contribution in [0.4, 0.5) is 0 Å². The molecule has 0 aromatic rings. The summed E-state index contributed by atoms with van der Waals surface area (Å²) in [5.41, 5.74) is 0. The molecule has 0 aliphatic heterocycles. The summed E-state index contributed by atoms with van der Waals surface area (Å²) in [6, 6.07) is 0. The quantitative estimate of drug-likeness (QED) is 0.0331. The van der Waals surface area contributed by atoms with Crippen molar-refractivity contribution in [2.24, 2.45) is 0 Å². The molecule has 0 spiro atoms. The maximum absolute atomic E-state index is 12.0. The predicted octanol–water partition coefficient (Wildman–Crippen LogP) is 15.6. The molecule has 10 nitrogen and oxygen atoms in total. The summed E-state index contributed by atoms with van der Waals surface area (Å²) in [7, 11) is -5.01. The number of amides is 2. The molecule has 0 aliphatic carbocycles. The maximum Gasteiger partial charge on any atom is 2.00 e. The first-order valence-electron chi connectivity index (χ1n) is 29.1. The fraction of sp³-hybridized carbons (Fsp3) is 0.964. The van der Waals surface area contributed by atoms with Crippen LogP contribution in [0.1, 0.15) is 309 Å². The van der Waals surface area contributed by atoms with Gasteiger partial charge in [0.25, 0.3) is 0 Å². The number of hydrogen-bond donors (Lipinski definition) is 0. The van der Waals surface area contributed by atoms with Crippen LogP contribution in [0.25, 0.3) is 0 Å². The van der Waals surface area contributed by atoms with Gasteiger partial charge in [0.2, 0.25) is 11.8 Å². The summed E-state index contributed by atoms with van der Waals surface area (Å²) in [4.78, 5) is 27.1. The van der Waals surface area contributed by atoms with Gasteiger partial charge < -0.3 is 18.9 Å². The van der Waals surface area contributed by atoms with Gasteiger partial charge in [-0.2, -0.15) is 0 Å². The van der Waals surface area contributed by atoms with Gasteiger partial charge in [-0.25, -0.2) is 16.8 Å². The molecule has 0 aromatic carbocycles. The molecule has 0 N–H and O–H groups in total. The normalized spacial score (nSPS) is 11.6. The van der Waals surface area contributed by atoms with Crippen LogP contribution in [0.2, 0.25) is 0 Å². The van der Waals surface area contributed by atoms with E-state index in [1.54, 1.807) is 23.9 Å². The molecule has 0 fully saturated rings. The first-order chi connectivity index (χ1) is 32.7. The summed E-state index contributed by atoms with van der Waals surface area (Å²) in [6.07, 6.45) is 58.0. The molecule has 0 aromatic heterocycles. The van der Waals surface area contributed by atoms with Gasteiger partial charge in [0, 0.05) is 51.5 Å². The van der Waals surface area contributed by atoms with Crippen molar-refractivity contribution in [2.45, 2.75) is 309 Å². The molecule has 69 heavy (non-hydrogen) atoms. The van der Waals surface area contributed by atoms with Crippen LogP contribution >= 0.6 is 0 Å².